The Morgan fingerprint density at radius 2 is 1.72 bits per heavy atom. The molecule has 1 saturated heterocycles. The highest BCUT2D eigenvalue weighted by molar-refractivity contribution is 5.88. The molecule has 1 fully saturated rings. The molecule has 0 aliphatic carbocycles. The van der Waals surface area contributed by atoms with Crippen LogP contribution in [0.15, 0.2) is 48.5 Å². The summed E-state index contributed by atoms with van der Waals surface area (Å²) in [6.07, 6.45) is 3.08. The van der Waals surface area contributed by atoms with Crippen molar-refractivity contribution in [1.82, 2.24) is 15.1 Å². The first-order valence-corrected chi connectivity index (χ1v) is 13.6. The first kappa shape index (κ1) is 26.2. The zero-order valence-corrected chi connectivity index (χ0v) is 22.2. The Labute approximate surface area is 216 Å². The number of amides is 2. The molecule has 0 bridgehead atoms. The molecule has 0 saturated carbocycles. The lowest BCUT2D eigenvalue weighted by Gasteiger charge is -2.36. The smallest absolute Gasteiger partial charge is 0.243 e. The van der Waals surface area contributed by atoms with E-state index in [4.69, 9.17) is 0 Å². The van der Waals surface area contributed by atoms with Gasteiger partial charge in [-0.3, -0.25) is 14.5 Å². The highest BCUT2D eigenvalue weighted by Crippen LogP contribution is 2.25. The molecular formula is C30H42N4O2. The fourth-order valence-corrected chi connectivity index (χ4v) is 5.33. The van der Waals surface area contributed by atoms with Crippen molar-refractivity contribution in [3.8, 4) is 0 Å². The maximum Gasteiger partial charge on any atom is 0.243 e. The van der Waals surface area contributed by atoms with Gasteiger partial charge in [0.1, 0.15) is 6.04 Å². The topological polar surface area (TPSA) is 55.9 Å². The normalized spacial score (nSPS) is 18.3. The fraction of sp³-hybridized carbons (Fsp3) is 0.533. The SMILES string of the molecule is Cc1cccc(N2CCN(CCCCNC(=O)[C@@H]3Cc4ccccc4CN3C(=O)CC(C)C)CC2)c1. The van der Waals surface area contributed by atoms with E-state index in [0.29, 0.717) is 25.9 Å². The molecule has 6 heteroatoms. The third kappa shape index (κ3) is 6.88. The Bertz CT molecular complexity index is 1030. The van der Waals surface area contributed by atoms with Crippen molar-refractivity contribution in [2.24, 2.45) is 5.92 Å². The molecule has 2 amide bonds. The van der Waals surface area contributed by atoms with E-state index in [1.807, 2.05) is 26.0 Å². The van der Waals surface area contributed by atoms with E-state index in [2.05, 4.69) is 58.4 Å². The highest BCUT2D eigenvalue weighted by Gasteiger charge is 2.34. The van der Waals surface area contributed by atoms with Gasteiger partial charge in [0, 0.05) is 57.8 Å². The second kappa shape index (κ2) is 12.4. The molecule has 36 heavy (non-hydrogen) atoms. The van der Waals surface area contributed by atoms with Crippen molar-refractivity contribution in [2.75, 3.05) is 44.2 Å². The molecule has 2 heterocycles. The quantitative estimate of drug-likeness (QED) is 0.540. The van der Waals surface area contributed by atoms with Gasteiger partial charge in [0.2, 0.25) is 11.8 Å². The summed E-state index contributed by atoms with van der Waals surface area (Å²) in [5, 5.41) is 3.13. The van der Waals surface area contributed by atoms with Crippen LogP contribution in [0.25, 0.3) is 0 Å². The molecule has 0 aromatic heterocycles. The Morgan fingerprint density at radius 1 is 0.972 bits per heavy atom. The molecule has 2 aliphatic heterocycles. The summed E-state index contributed by atoms with van der Waals surface area (Å²) in [5.74, 6) is 0.329. The third-order valence-electron chi connectivity index (χ3n) is 7.39. The molecule has 6 nitrogen and oxygen atoms in total. The minimum atomic E-state index is -0.416. The van der Waals surface area contributed by atoms with E-state index < -0.39 is 6.04 Å². The Morgan fingerprint density at radius 3 is 2.44 bits per heavy atom. The number of hydrogen-bond donors (Lipinski definition) is 1. The van der Waals surface area contributed by atoms with Crippen LogP contribution in [0, 0.1) is 12.8 Å². The van der Waals surface area contributed by atoms with E-state index >= 15 is 0 Å². The second-order valence-electron chi connectivity index (χ2n) is 10.8. The van der Waals surface area contributed by atoms with Gasteiger partial charge < -0.3 is 15.1 Å². The average molecular weight is 491 g/mol. The maximum absolute atomic E-state index is 13.1. The fourth-order valence-electron chi connectivity index (χ4n) is 5.33. The van der Waals surface area contributed by atoms with Crippen LogP contribution in [-0.4, -0.2) is 66.9 Å². The van der Waals surface area contributed by atoms with Gasteiger partial charge in [0.25, 0.3) is 0 Å². The van der Waals surface area contributed by atoms with Crippen LogP contribution in [0.4, 0.5) is 5.69 Å². The highest BCUT2D eigenvalue weighted by atomic mass is 16.2. The Kier molecular flexibility index (Phi) is 9.03. The number of hydrogen-bond acceptors (Lipinski definition) is 4. The van der Waals surface area contributed by atoms with Gasteiger partial charge in [-0.15, -0.1) is 0 Å². The number of fused-ring (bicyclic) bond motifs is 1. The standard InChI is InChI=1S/C30H42N4O2/c1-23(2)19-29(35)34-22-26-11-5-4-10-25(26)21-28(34)30(36)31-13-6-7-14-32-15-17-33(18-16-32)27-12-8-9-24(3)20-27/h4-5,8-12,20,23,28H,6-7,13-19,21-22H2,1-3H3,(H,31,36)/t28-/m0/s1. The average Bonchev–Trinajstić information content (AvgIpc) is 2.87. The zero-order valence-electron chi connectivity index (χ0n) is 22.2. The molecule has 1 atom stereocenters. The lowest BCUT2D eigenvalue weighted by atomic mass is 9.92. The van der Waals surface area contributed by atoms with Crippen LogP contribution in [0.1, 0.15) is 49.8 Å². The van der Waals surface area contributed by atoms with Crippen molar-refractivity contribution in [3.63, 3.8) is 0 Å². The molecule has 2 aromatic rings. The third-order valence-corrected chi connectivity index (χ3v) is 7.39. The molecule has 0 radical (unpaired) electrons. The van der Waals surface area contributed by atoms with Crippen LogP contribution in [0.2, 0.25) is 0 Å². The van der Waals surface area contributed by atoms with Gasteiger partial charge >= 0.3 is 0 Å². The van der Waals surface area contributed by atoms with E-state index in [1.54, 1.807) is 4.90 Å². The first-order chi connectivity index (χ1) is 17.4. The van der Waals surface area contributed by atoms with E-state index in [9.17, 15) is 9.59 Å². The summed E-state index contributed by atoms with van der Waals surface area (Å²) >= 11 is 0. The van der Waals surface area contributed by atoms with Gasteiger partial charge in [0.15, 0.2) is 0 Å². The van der Waals surface area contributed by atoms with Gasteiger partial charge in [0.05, 0.1) is 0 Å². The van der Waals surface area contributed by atoms with Crippen LogP contribution in [0.5, 0.6) is 0 Å². The molecule has 4 rings (SSSR count). The number of carbonyl (C=O) groups is 2. The van der Waals surface area contributed by atoms with Crippen molar-refractivity contribution in [2.45, 2.75) is 59.0 Å². The number of piperazine rings is 1. The predicted octanol–water partition coefficient (Wildman–Crippen LogP) is 4.01. The van der Waals surface area contributed by atoms with Crippen LogP contribution < -0.4 is 10.2 Å². The zero-order chi connectivity index (χ0) is 25.5. The Hall–Kier alpha value is -2.86. The largest absolute Gasteiger partial charge is 0.369 e. The summed E-state index contributed by atoms with van der Waals surface area (Å²) in [7, 11) is 0. The number of nitrogens with zero attached hydrogens (tertiary/aromatic N) is 3. The molecular weight excluding hydrogens is 448 g/mol. The minimum absolute atomic E-state index is 0.0200. The van der Waals surface area contributed by atoms with Crippen LogP contribution >= 0.6 is 0 Å². The number of benzene rings is 2. The van der Waals surface area contributed by atoms with Gasteiger partial charge in [-0.1, -0.05) is 50.2 Å². The molecule has 194 valence electrons. The monoisotopic (exact) mass is 490 g/mol. The summed E-state index contributed by atoms with van der Waals surface area (Å²) in [6, 6.07) is 16.5. The number of unbranched alkanes of at least 4 members (excludes halogenated alkanes) is 1. The van der Waals surface area contributed by atoms with Crippen molar-refractivity contribution in [3.05, 3.63) is 65.2 Å². The number of anilines is 1. The maximum atomic E-state index is 13.1. The predicted molar refractivity (Wildman–Crippen MR) is 146 cm³/mol. The van der Waals surface area contributed by atoms with Crippen LogP contribution in [-0.2, 0) is 22.6 Å². The molecule has 0 unspecified atom stereocenters. The number of rotatable bonds is 9. The lowest BCUT2D eigenvalue weighted by molar-refractivity contribution is -0.142. The number of nitrogens with one attached hydrogen (secondary N) is 1. The first-order valence-electron chi connectivity index (χ1n) is 13.6. The molecule has 2 aliphatic rings. The molecule has 1 N–H and O–H groups in total. The minimum Gasteiger partial charge on any atom is -0.369 e. The van der Waals surface area contributed by atoms with E-state index in [0.717, 1.165) is 51.1 Å². The van der Waals surface area contributed by atoms with Gasteiger partial charge in [-0.05, 0) is 61.1 Å². The summed E-state index contributed by atoms with van der Waals surface area (Å²) < 4.78 is 0. The van der Waals surface area contributed by atoms with Crippen molar-refractivity contribution in [1.29, 1.82) is 0 Å². The second-order valence-corrected chi connectivity index (χ2v) is 10.8. The molecule has 0 spiro atoms. The summed E-state index contributed by atoms with van der Waals surface area (Å²) in [5.41, 5.74) is 4.96. The number of carbonyl (C=O) groups excluding carboxylic acids is 2. The van der Waals surface area contributed by atoms with Gasteiger partial charge in [-0.2, -0.15) is 0 Å². The van der Waals surface area contributed by atoms with Crippen molar-refractivity contribution >= 4 is 17.5 Å². The Balaban J connectivity index is 1.20. The van der Waals surface area contributed by atoms with Crippen molar-refractivity contribution < 1.29 is 9.59 Å². The summed E-state index contributed by atoms with van der Waals surface area (Å²) in [4.78, 5) is 32.9. The number of aryl methyl sites for hydroxylation is 1. The van der Waals surface area contributed by atoms with E-state index in [-0.39, 0.29) is 17.7 Å². The van der Waals surface area contributed by atoms with E-state index in [1.165, 1.54) is 16.8 Å². The molecule has 2 aromatic carbocycles. The van der Waals surface area contributed by atoms with Crippen LogP contribution in [0.3, 0.4) is 0 Å². The lowest BCUT2D eigenvalue weighted by Crippen LogP contribution is -2.53. The summed E-state index contributed by atoms with van der Waals surface area (Å²) in [6.45, 7) is 12.8. The van der Waals surface area contributed by atoms with Gasteiger partial charge in [-0.25, -0.2) is 0 Å².